The zero-order valence-corrected chi connectivity index (χ0v) is 22.1. The normalized spacial score (nSPS) is 15.4. The van der Waals surface area contributed by atoms with Crippen LogP contribution < -0.4 is 14.4 Å². The van der Waals surface area contributed by atoms with E-state index in [1.165, 1.54) is 12.0 Å². The van der Waals surface area contributed by atoms with Crippen LogP contribution in [-0.2, 0) is 4.79 Å². The van der Waals surface area contributed by atoms with Gasteiger partial charge in [0.05, 0.1) is 25.3 Å². The Bertz CT molecular complexity index is 1620. The van der Waals surface area contributed by atoms with E-state index in [-0.39, 0.29) is 11.3 Å². The van der Waals surface area contributed by atoms with Crippen LogP contribution in [0.25, 0.3) is 11.0 Å². The highest BCUT2D eigenvalue weighted by molar-refractivity contribution is 6.31. The summed E-state index contributed by atoms with van der Waals surface area (Å²) in [4.78, 5) is 29.0. The van der Waals surface area contributed by atoms with E-state index in [4.69, 9.17) is 25.5 Å². The number of rotatable bonds is 7. The van der Waals surface area contributed by atoms with Crippen molar-refractivity contribution in [2.75, 3.05) is 18.6 Å². The van der Waals surface area contributed by atoms with E-state index in [2.05, 4.69) is 0 Å². The number of anilines is 1. The third kappa shape index (κ3) is 4.19. The summed E-state index contributed by atoms with van der Waals surface area (Å²) in [6, 6.07) is 16.4. The van der Waals surface area contributed by atoms with Gasteiger partial charge in [0.1, 0.15) is 5.58 Å². The van der Waals surface area contributed by atoms with Crippen molar-refractivity contribution in [2.24, 2.45) is 0 Å². The number of nitrogens with zero attached hydrogens (tertiary/aromatic N) is 1. The van der Waals surface area contributed by atoms with Crippen molar-refractivity contribution in [3.05, 3.63) is 99.5 Å². The molecule has 1 amide bonds. The molecule has 0 spiro atoms. The fourth-order valence-electron chi connectivity index (χ4n) is 4.79. The Hall–Kier alpha value is -4.23. The lowest BCUT2D eigenvalue weighted by molar-refractivity contribution is -0.117. The Morgan fingerprint density at radius 1 is 1.08 bits per heavy atom. The van der Waals surface area contributed by atoms with Crippen molar-refractivity contribution in [1.29, 1.82) is 0 Å². The number of Topliss-reactive ketones (excluding diaryl/α,β-unsaturated/α-hetero) is 1. The van der Waals surface area contributed by atoms with Crippen LogP contribution >= 0.6 is 11.6 Å². The van der Waals surface area contributed by atoms with Gasteiger partial charge in [0, 0.05) is 16.1 Å². The molecule has 38 heavy (non-hydrogen) atoms. The van der Waals surface area contributed by atoms with Gasteiger partial charge in [-0.15, -0.1) is 0 Å². The van der Waals surface area contributed by atoms with Crippen molar-refractivity contribution >= 4 is 39.9 Å². The molecule has 2 heterocycles. The first-order valence-corrected chi connectivity index (χ1v) is 12.5. The van der Waals surface area contributed by atoms with Crippen LogP contribution in [0.2, 0.25) is 5.02 Å². The predicted molar refractivity (Wildman–Crippen MR) is 146 cm³/mol. The smallest absolute Gasteiger partial charge is 0.294 e. The number of aliphatic hydroxyl groups excluding tert-OH is 1. The summed E-state index contributed by atoms with van der Waals surface area (Å²) >= 11 is 6.11. The second kappa shape index (κ2) is 9.91. The zero-order chi connectivity index (χ0) is 27.1. The summed E-state index contributed by atoms with van der Waals surface area (Å²) in [5.41, 5.74) is 3.34. The number of carbonyl (C=O) groups excluding carboxylic acids is 2. The lowest BCUT2D eigenvalue weighted by atomic mass is 9.94. The monoisotopic (exact) mass is 531 g/mol. The van der Waals surface area contributed by atoms with E-state index in [1.54, 1.807) is 48.5 Å². The highest BCUT2D eigenvalue weighted by Crippen LogP contribution is 2.45. The molecule has 7 nitrogen and oxygen atoms in total. The molecule has 0 radical (unpaired) electrons. The molecule has 1 N–H and O–H groups in total. The van der Waals surface area contributed by atoms with E-state index in [1.807, 2.05) is 32.9 Å². The van der Waals surface area contributed by atoms with Gasteiger partial charge in [0.2, 0.25) is 5.78 Å². The van der Waals surface area contributed by atoms with Gasteiger partial charge in [-0.05, 0) is 79.9 Å². The summed E-state index contributed by atoms with van der Waals surface area (Å²) in [6.45, 7) is 6.07. The first-order chi connectivity index (χ1) is 18.2. The van der Waals surface area contributed by atoms with Gasteiger partial charge in [0.15, 0.2) is 23.0 Å². The van der Waals surface area contributed by atoms with Crippen LogP contribution in [0.1, 0.15) is 40.2 Å². The van der Waals surface area contributed by atoms with Gasteiger partial charge >= 0.3 is 0 Å². The maximum Gasteiger partial charge on any atom is 0.294 e. The maximum absolute atomic E-state index is 13.9. The number of furan rings is 1. The highest BCUT2D eigenvalue weighted by Gasteiger charge is 2.46. The van der Waals surface area contributed by atoms with Crippen LogP contribution in [0.15, 0.2) is 76.4 Å². The van der Waals surface area contributed by atoms with Crippen molar-refractivity contribution in [2.45, 2.75) is 26.8 Å². The number of carbonyl (C=O) groups is 2. The quantitative estimate of drug-likeness (QED) is 0.261. The van der Waals surface area contributed by atoms with Crippen molar-refractivity contribution in [1.82, 2.24) is 0 Å². The molecule has 0 bridgehead atoms. The third-order valence-corrected chi connectivity index (χ3v) is 7.03. The Morgan fingerprint density at radius 2 is 1.87 bits per heavy atom. The maximum atomic E-state index is 13.9. The molecule has 3 aromatic carbocycles. The second-order valence-corrected chi connectivity index (χ2v) is 9.46. The molecular weight excluding hydrogens is 506 g/mol. The molecule has 0 aliphatic carbocycles. The molecule has 8 heteroatoms. The summed E-state index contributed by atoms with van der Waals surface area (Å²) in [5.74, 6) is -0.961. The summed E-state index contributed by atoms with van der Waals surface area (Å²) in [5, 5.41) is 12.3. The van der Waals surface area contributed by atoms with Gasteiger partial charge < -0.3 is 19.0 Å². The minimum Gasteiger partial charge on any atom is -0.503 e. The number of fused-ring (bicyclic) bond motifs is 1. The number of aliphatic hydroxyl groups is 1. The average molecular weight is 532 g/mol. The van der Waals surface area contributed by atoms with Crippen LogP contribution in [0.4, 0.5) is 5.69 Å². The fourth-order valence-corrected chi connectivity index (χ4v) is 4.97. The van der Waals surface area contributed by atoms with Gasteiger partial charge in [0.25, 0.3) is 5.91 Å². The molecule has 5 rings (SSSR count). The number of aryl methyl sites for hydroxylation is 1. The standard InChI is InChI=1S/C30H26ClNO6/c1-5-37-24-14-18(9-11-23(24)36-4)27-26(28(33)25-15-19-13-20(31)10-12-22(19)38-25)29(34)30(35)32(27)21-8-6-7-16(2)17(21)3/h6-15,27,34H,5H2,1-4H3. The Morgan fingerprint density at radius 3 is 2.61 bits per heavy atom. The number of ketones is 1. The van der Waals surface area contributed by atoms with E-state index >= 15 is 0 Å². The number of benzene rings is 3. The molecule has 1 atom stereocenters. The second-order valence-electron chi connectivity index (χ2n) is 9.02. The number of hydrogen-bond donors (Lipinski definition) is 1. The number of methoxy groups -OCH3 is 1. The molecule has 4 aromatic rings. The van der Waals surface area contributed by atoms with Crippen molar-refractivity contribution < 1.29 is 28.6 Å². The van der Waals surface area contributed by atoms with Crippen LogP contribution in [0.5, 0.6) is 11.5 Å². The molecule has 0 fully saturated rings. The SMILES string of the molecule is CCOc1cc(C2C(C(=O)c3cc4cc(Cl)ccc4o3)=C(O)C(=O)N2c2cccc(C)c2C)ccc1OC. The molecule has 1 aromatic heterocycles. The first kappa shape index (κ1) is 25.4. The highest BCUT2D eigenvalue weighted by atomic mass is 35.5. The van der Waals surface area contributed by atoms with Gasteiger partial charge in [-0.3, -0.25) is 14.5 Å². The number of hydrogen-bond acceptors (Lipinski definition) is 6. The minimum absolute atomic E-state index is 0.0111. The largest absolute Gasteiger partial charge is 0.503 e. The molecule has 0 saturated heterocycles. The van der Waals surface area contributed by atoms with Gasteiger partial charge in [-0.2, -0.15) is 0 Å². The molecule has 1 aliphatic heterocycles. The topological polar surface area (TPSA) is 89.2 Å². The number of halogens is 1. The van der Waals surface area contributed by atoms with Gasteiger partial charge in [-0.25, -0.2) is 0 Å². The summed E-state index contributed by atoms with van der Waals surface area (Å²) < 4.78 is 17.0. The summed E-state index contributed by atoms with van der Waals surface area (Å²) in [6.07, 6.45) is 0. The van der Waals surface area contributed by atoms with Gasteiger partial charge in [-0.1, -0.05) is 29.8 Å². The fraction of sp³-hybridized carbons (Fsp3) is 0.200. The first-order valence-electron chi connectivity index (χ1n) is 12.1. The molecular formula is C30H26ClNO6. The predicted octanol–water partition coefficient (Wildman–Crippen LogP) is 6.89. The lowest BCUT2D eigenvalue weighted by Gasteiger charge is -2.29. The van der Waals surface area contributed by atoms with Crippen LogP contribution in [0, 0.1) is 13.8 Å². The van der Waals surface area contributed by atoms with E-state index in [9.17, 15) is 14.7 Å². The van der Waals surface area contributed by atoms with Crippen LogP contribution in [-0.4, -0.2) is 30.5 Å². The molecule has 194 valence electrons. The molecule has 1 unspecified atom stereocenters. The number of ether oxygens (including phenoxy) is 2. The van der Waals surface area contributed by atoms with Crippen LogP contribution in [0.3, 0.4) is 0 Å². The molecule has 1 aliphatic rings. The van der Waals surface area contributed by atoms with E-state index in [0.717, 1.165) is 11.1 Å². The molecule has 0 saturated carbocycles. The lowest BCUT2D eigenvalue weighted by Crippen LogP contribution is -2.31. The zero-order valence-electron chi connectivity index (χ0n) is 21.4. The minimum atomic E-state index is -0.947. The van der Waals surface area contributed by atoms with E-state index in [0.29, 0.717) is 45.3 Å². The average Bonchev–Trinajstić information content (AvgIpc) is 3.44. The van der Waals surface area contributed by atoms with Crippen molar-refractivity contribution in [3.63, 3.8) is 0 Å². The number of amides is 1. The summed E-state index contributed by atoms with van der Waals surface area (Å²) in [7, 11) is 1.54. The van der Waals surface area contributed by atoms with E-state index < -0.39 is 23.5 Å². The Balaban J connectivity index is 1.70. The van der Waals surface area contributed by atoms with Crippen molar-refractivity contribution in [3.8, 4) is 11.5 Å². The Labute approximate surface area is 224 Å². The third-order valence-electron chi connectivity index (χ3n) is 6.79. The Kier molecular flexibility index (Phi) is 6.63.